The van der Waals surface area contributed by atoms with E-state index in [4.69, 9.17) is 5.73 Å². The first-order valence-electron chi connectivity index (χ1n) is 4.13. The average Bonchev–Trinajstić information content (AvgIpc) is 2.08. The lowest BCUT2D eigenvalue weighted by molar-refractivity contribution is -0.117. The number of nitrogens with two attached hydrogens (primary N) is 1. The molecule has 0 aliphatic heterocycles. The van der Waals surface area contributed by atoms with Crippen molar-refractivity contribution >= 4 is 17.7 Å². The third-order valence-corrected chi connectivity index (χ3v) is 3.10. The fourth-order valence-electron chi connectivity index (χ4n) is 0.937. The van der Waals surface area contributed by atoms with E-state index in [1.165, 1.54) is 17.3 Å². The van der Waals surface area contributed by atoms with E-state index in [0.717, 1.165) is 4.90 Å². The topological polar surface area (TPSA) is 43.1 Å². The highest BCUT2D eigenvalue weighted by atomic mass is 32.2. The zero-order chi connectivity index (χ0) is 9.84. The molecule has 1 aromatic carbocycles. The van der Waals surface area contributed by atoms with E-state index in [9.17, 15) is 4.79 Å². The van der Waals surface area contributed by atoms with Gasteiger partial charge in [0.05, 0.1) is 5.25 Å². The van der Waals surface area contributed by atoms with Gasteiger partial charge in [0.25, 0.3) is 0 Å². The molecule has 0 radical (unpaired) electrons. The first-order valence-corrected chi connectivity index (χ1v) is 5.01. The molecule has 0 heterocycles. The van der Waals surface area contributed by atoms with Gasteiger partial charge in [0.15, 0.2) is 0 Å². The van der Waals surface area contributed by atoms with E-state index in [-0.39, 0.29) is 11.2 Å². The van der Waals surface area contributed by atoms with Gasteiger partial charge in [-0.25, -0.2) is 0 Å². The summed E-state index contributed by atoms with van der Waals surface area (Å²) in [6.07, 6.45) is 0. The van der Waals surface area contributed by atoms with Crippen LogP contribution in [0.1, 0.15) is 12.5 Å². The van der Waals surface area contributed by atoms with E-state index in [1.807, 2.05) is 38.1 Å². The monoisotopic (exact) mass is 195 g/mol. The molecule has 0 saturated heterocycles. The van der Waals surface area contributed by atoms with E-state index < -0.39 is 0 Å². The summed E-state index contributed by atoms with van der Waals surface area (Å²) in [6.45, 7) is 3.84. The highest BCUT2D eigenvalue weighted by molar-refractivity contribution is 8.00. The molecule has 1 atom stereocenters. The summed E-state index contributed by atoms with van der Waals surface area (Å²) in [7, 11) is 0. The maximum atomic E-state index is 10.8. The van der Waals surface area contributed by atoms with E-state index in [2.05, 4.69) is 0 Å². The van der Waals surface area contributed by atoms with E-state index >= 15 is 0 Å². The molecule has 1 rings (SSSR count). The summed E-state index contributed by atoms with van der Waals surface area (Å²) in [6, 6.07) is 7.97. The van der Waals surface area contributed by atoms with Crippen LogP contribution >= 0.6 is 11.8 Å². The summed E-state index contributed by atoms with van der Waals surface area (Å²) in [5, 5.41) is -0.166. The van der Waals surface area contributed by atoms with Crippen LogP contribution in [0.25, 0.3) is 0 Å². The van der Waals surface area contributed by atoms with Crippen LogP contribution in [0.5, 0.6) is 0 Å². The number of benzene rings is 1. The lowest BCUT2D eigenvalue weighted by Crippen LogP contribution is -2.22. The van der Waals surface area contributed by atoms with Crippen LogP contribution in [0, 0.1) is 6.92 Å². The summed E-state index contributed by atoms with van der Waals surface area (Å²) >= 11 is 1.50. The number of amides is 1. The van der Waals surface area contributed by atoms with Gasteiger partial charge in [-0.05, 0) is 25.5 Å². The van der Waals surface area contributed by atoms with Gasteiger partial charge in [-0.2, -0.15) is 0 Å². The van der Waals surface area contributed by atoms with Crippen molar-refractivity contribution in [3.8, 4) is 0 Å². The number of thioether (sulfide) groups is 1. The molecule has 3 heteroatoms. The molecular formula is C10H13NOS. The Morgan fingerprint density at radius 2 is 2.08 bits per heavy atom. The number of hydrogen-bond acceptors (Lipinski definition) is 2. The average molecular weight is 195 g/mol. The maximum absolute atomic E-state index is 10.8. The number of carbonyl (C=O) groups excluding carboxylic acids is 1. The number of primary amides is 1. The van der Waals surface area contributed by atoms with Gasteiger partial charge < -0.3 is 5.73 Å². The van der Waals surface area contributed by atoms with Crippen molar-refractivity contribution in [2.45, 2.75) is 24.0 Å². The SMILES string of the molecule is Cc1ccccc1SC(C)C(N)=O. The molecule has 0 bridgehead atoms. The molecule has 2 nitrogen and oxygen atoms in total. The van der Waals surface area contributed by atoms with Crippen LogP contribution in [0.15, 0.2) is 29.2 Å². The Morgan fingerprint density at radius 1 is 1.46 bits per heavy atom. The van der Waals surface area contributed by atoms with Crippen LogP contribution in [-0.4, -0.2) is 11.2 Å². The van der Waals surface area contributed by atoms with E-state index in [1.54, 1.807) is 0 Å². The molecule has 1 unspecified atom stereocenters. The Bertz CT molecular complexity index is 312. The third-order valence-electron chi connectivity index (χ3n) is 1.80. The van der Waals surface area contributed by atoms with Crippen LogP contribution in [0.3, 0.4) is 0 Å². The first kappa shape index (κ1) is 10.1. The maximum Gasteiger partial charge on any atom is 0.230 e. The minimum absolute atomic E-state index is 0.166. The largest absolute Gasteiger partial charge is 0.369 e. The quantitative estimate of drug-likeness (QED) is 0.749. The minimum Gasteiger partial charge on any atom is -0.369 e. The highest BCUT2D eigenvalue weighted by Gasteiger charge is 2.10. The summed E-state index contributed by atoms with van der Waals surface area (Å²) in [4.78, 5) is 11.9. The molecule has 1 amide bonds. The fourth-order valence-corrected chi connectivity index (χ4v) is 1.85. The lowest BCUT2D eigenvalue weighted by Gasteiger charge is -2.08. The molecule has 0 saturated carbocycles. The third kappa shape index (κ3) is 2.77. The lowest BCUT2D eigenvalue weighted by atomic mass is 10.2. The summed E-state index contributed by atoms with van der Waals surface area (Å²) in [5.41, 5.74) is 6.36. The van der Waals surface area contributed by atoms with Gasteiger partial charge in [0, 0.05) is 4.90 Å². The standard InChI is InChI=1S/C10H13NOS/c1-7-5-3-4-6-9(7)13-8(2)10(11)12/h3-6,8H,1-2H3,(H2,11,12). The van der Waals surface area contributed by atoms with E-state index in [0.29, 0.717) is 0 Å². The molecular weight excluding hydrogens is 182 g/mol. The predicted octanol–water partition coefficient (Wildman–Crippen LogP) is 1.96. The van der Waals surface area contributed by atoms with Crippen LogP contribution < -0.4 is 5.73 Å². The fraction of sp³-hybridized carbons (Fsp3) is 0.300. The second kappa shape index (κ2) is 4.33. The van der Waals surface area contributed by atoms with Gasteiger partial charge >= 0.3 is 0 Å². The zero-order valence-corrected chi connectivity index (χ0v) is 8.60. The second-order valence-electron chi connectivity index (χ2n) is 2.93. The Hall–Kier alpha value is -0.960. The van der Waals surface area contributed by atoms with Gasteiger partial charge in [-0.3, -0.25) is 4.79 Å². The molecule has 70 valence electrons. The van der Waals surface area contributed by atoms with Crippen molar-refractivity contribution in [3.63, 3.8) is 0 Å². The van der Waals surface area contributed by atoms with Crippen LogP contribution in [0.2, 0.25) is 0 Å². The van der Waals surface area contributed by atoms with Crippen molar-refractivity contribution < 1.29 is 4.79 Å². The molecule has 0 fully saturated rings. The van der Waals surface area contributed by atoms with Crippen molar-refractivity contribution in [1.82, 2.24) is 0 Å². The normalized spacial score (nSPS) is 12.5. The minimum atomic E-state index is -0.270. The number of aryl methyl sites for hydroxylation is 1. The molecule has 0 aliphatic rings. The van der Waals surface area contributed by atoms with Crippen molar-refractivity contribution in [1.29, 1.82) is 0 Å². The van der Waals surface area contributed by atoms with Crippen LogP contribution in [-0.2, 0) is 4.79 Å². The molecule has 2 N–H and O–H groups in total. The Balaban J connectivity index is 2.74. The zero-order valence-electron chi connectivity index (χ0n) is 7.78. The van der Waals surface area contributed by atoms with Crippen molar-refractivity contribution in [2.24, 2.45) is 5.73 Å². The summed E-state index contributed by atoms with van der Waals surface area (Å²) in [5.74, 6) is -0.270. The van der Waals surface area contributed by atoms with Gasteiger partial charge in [0.2, 0.25) is 5.91 Å². The van der Waals surface area contributed by atoms with Crippen LogP contribution in [0.4, 0.5) is 0 Å². The van der Waals surface area contributed by atoms with Crippen molar-refractivity contribution in [3.05, 3.63) is 29.8 Å². The number of hydrogen-bond donors (Lipinski definition) is 1. The number of rotatable bonds is 3. The predicted molar refractivity (Wildman–Crippen MR) is 55.7 cm³/mol. The summed E-state index contributed by atoms with van der Waals surface area (Å²) < 4.78 is 0. The Kier molecular flexibility index (Phi) is 3.37. The molecule has 0 spiro atoms. The molecule has 0 aliphatic carbocycles. The van der Waals surface area contributed by atoms with Gasteiger partial charge in [0.1, 0.15) is 0 Å². The molecule has 13 heavy (non-hydrogen) atoms. The highest BCUT2D eigenvalue weighted by Crippen LogP contribution is 2.25. The Morgan fingerprint density at radius 3 is 2.62 bits per heavy atom. The smallest absolute Gasteiger partial charge is 0.230 e. The molecule has 1 aromatic rings. The Labute approximate surface area is 82.5 Å². The number of carbonyl (C=O) groups is 1. The van der Waals surface area contributed by atoms with Crippen molar-refractivity contribution in [2.75, 3.05) is 0 Å². The van der Waals surface area contributed by atoms with Gasteiger partial charge in [-0.15, -0.1) is 11.8 Å². The second-order valence-corrected chi connectivity index (χ2v) is 4.31. The first-order chi connectivity index (χ1) is 6.11. The van der Waals surface area contributed by atoms with Gasteiger partial charge in [-0.1, -0.05) is 18.2 Å². The molecule has 0 aromatic heterocycles.